The van der Waals surface area contributed by atoms with Gasteiger partial charge in [0.1, 0.15) is 17.7 Å². The maximum atomic E-state index is 14.6. The number of rotatable bonds is 13. The summed E-state index contributed by atoms with van der Waals surface area (Å²) in [6.45, 7) is 9.96. The molecule has 0 spiro atoms. The molecule has 1 saturated carbocycles. The molecule has 0 aromatic heterocycles. The number of hydrogen-bond donors (Lipinski definition) is 2. The SMILES string of the molecule is CCCCCCN(C(=O)C(Cc1ccccc1)NC(=O)OC(C)(C)C)C(C(=O)NC1CCCCC1)c1ccc(C)cc1. The van der Waals surface area contributed by atoms with Crippen molar-refractivity contribution >= 4 is 17.9 Å². The summed E-state index contributed by atoms with van der Waals surface area (Å²) in [4.78, 5) is 43.3. The third-order valence-electron chi connectivity index (χ3n) is 7.71. The Kier molecular flexibility index (Phi) is 12.9. The van der Waals surface area contributed by atoms with E-state index in [1.165, 1.54) is 6.42 Å². The van der Waals surface area contributed by atoms with Crippen molar-refractivity contribution in [3.63, 3.8) is 0 Å². The number of alkyl carbamates (subject to hydrolysis) is 1. The highest BCUT2D eigenvalue weighted by Crippen LogP contribution is 2.26. The molecular formula is C35H51N3O4. The summed E-state index contributed by atoms with van der Waals surface area (Å²) in [5.41, 5.74) is 2.05. The fraction of sp³-hybridized carbons (Fsp3) is 0.571. The lowest BCUT2D eigenvalue weighted by molar-refractivity contribution is -0.143. The number of ether oxygens (including phenoxy) is 1. The van der Waals surface area contributed by atoms with Crippen molar-refractivity contribution in [3.8, 4) is 0 Å². The van der Waals surface area contributed by atoms with Crippen molar-refractivity contribution in [3.05, 3.63) is 71.3 Å². The Morgan fingerprint density at radius 2 is 1.60 bits per heavy atom. The molecule has 2 aromatic rings. The van der Waals surface area contributed by atoms with Gasteiger partial charge in [0.25, 0.3) is 0 Å². The van der Waals surface area contributed by atoms with Gasteiger partial charge in [-0.3, -0.25) is 9.59 Å². The van der Waals surface area contributed by atoms with Crippen LogP contribution >= 0.6 is 0 Å². The van der Waals surface area contributed by atoms with Crippen LogP contribution in [0.25, 0.3) is 0 Å². The lowest BCUT2D eigenvalue weighted by atomic mass is 9.94. The van der Waals surface area contributed by atoms with Gasteiger partial charge in [0, 0.05) is 19.0 Å². The van der Waals surface area contributed by atoms with Gasteiger partial charge in [0.15, 0.2) is 0 Å². The van der Waals surface area contributed by atoms with Crippen LogP contribution in [0.3, 0.4) is 0 Å². The highest BCUT2D eigenvalue weighted by molar-refractivity contribution is 5.92. The summed E-state index contributed by atoms with van der Waals surface area (Å²) in [5, 5.41) is 6.14. The first-order valence-electron chi connectivity index (χ1n) is 15.8. The molecule has 2 aromatic carbocycles. The molecule has 2 N–H and O–H groups in total. The van der Waals surface area contributed by atoms with Gasteiger partial charge in [-0.15, -0.1) is 0 Å². The van der Waals surface area contributed by atoms with Crippen LogP contribution in [0.1, 0.15) is 108 Å². The van der Waals surface area contributed by atoms with E-state index in [0.29, 0.717) is 6.54 Å². The molecule has 42 heavy (non-hydrogen) atoms. The molecule has 0 saturated heterocycles. The van der Waals surface area contributed by atoms with Crippen LogP contribution in [0, 0.1) is 6.92 Å². The van der Waals surface area contributed by atoms with E-state index in [4.69, 9.17) is 4.74 Å². The topological polar surface area (TPSA) is 87.7 Å². The van der Waals surface area contributed by atoms with Gasteiger partial charge in [-0.2, -0.15) is 0 Å². The summed E-state index contributed by atoms with van der Waals surface area (Å²) >= 11 is 0. The number of amides is 3. The van der Waals surface area contributed by atoms with Gasteiger partial charge in [-0.05, 0) is 58.1 Å². The van der Waals surface area contributed by atoms with Gasteiger partial charge < -0.3 is 20.3 Å². The van der Waals surface area contributed by atoms with E-state index in [1.54, 1.807) is 25.7 Å². The number of unbranched alkanes of at least 4 members (excludes halogenated alkanes) is 3. The molecule has 2 unspecified atom stereocenters. The van der Waals surface area contributed by atoms with Crippen molar-refractivity contribution in [2.75, 3.05) is 6.54 Å². The van der Waals surface area contributed by atoms with Crippen LogP contribution in [-0.2, 0) is 20.7 Å². The molecule has 7 heteroatoms. The second-order valence-corrected chi connectivity index (χ2v) is 12.6. The second kappa shape index (κ2) is 16.3. The van der Waals surface area contributed by atoms with Crippen molar-refractivity contribution in [2.24, 2.45) is 0 Å². The number of hydrogen-bond acceptors (Lipinski definition) is 4. The number of benzene rings is 2. The largest absolute Gasteiger partial charge is 0.444 e. The Bertz CT molecular complexity index is 1120. The lowest BCUT2D eigenvalue weighted by Crippen LogP contribution is -2.54. The molecule has 1 aliphatic rings. The number of carbonyl (C=O) groups excluding carboxylic acids is 3. The molecule has 0 bridgehead atoms. The van der Waals surface area contributed by atoms with Crippen LogP contribution in [-0.4, -0.2) is 47.0 Å². The highest BCUT2D eigenvalue weighted by Gasteiger charge is 2.37. The fourth-order valence-electron chi connectivity index (χ4n) is 5.52. The molecule has 1 aliphatic carbocycles. The van der Waals surface area contributed by atoms with Gasteiger partial charge >= 0.3 is 6.09 Å². The van der Waals surface area contributed by atoms with E-state index < -0.39 is 23.8 Å². The maximum absolute atomic E-state index is 14.6. The van der Waals surface area contributed by atoms with Gasteiger partial charge in [-0.25, -0.2) is 4.79 Å². The van der Waals surface area contributed by atoms with E-state index in [2.05, 4.69) is 17.6 Å². The second-order valence-electron chi connectivity index (χ2n) is 12.6. The van der Waals surface area contributed by atoms with E-state index >= 15 is 0 Å². The zero-order chi connectivity index (χ0) is 30.5. The minimum atomic E-state index is -0.899. The molecule has 0 aliphatic heterocycles. The predicted molar refractivity (Wildman–Crippen MR) is 168 cm³/mol. The average molecular weight is 578 g/mol. The number of carbonyl (C=O) groups is 3. The van der Waals surface area contributed by atoms with E-state index in [9.17, 15) is 14.4 Å². The first-order chi connectivity index (χ1) is 20.1. The maximum Gasteiger partial charge on any atom is 0.408 e. The first-order valence-corrected chi connectivity index (χ1v) is 15.8. The third kappa shape index (κ3) is 10.8. The van der Waals surface area contributed by atoms with E-state index in [0.717, 1.165) is 68.1 Å². The van der Waals surface area contributed by atoms with Gasteiger partial charge in [-0.1, -0.05) is 106 Å². The monoisotopic (exact) mass is 577 g/mol. The Morgan fingerprint density at radius 3 is 2.21 bits per heavy atom. The molecule has 0 radical (unpaired) electrons. The Morgan fingerprint density at radius 1 is 0.929 bits per heavy atom. The van der Waals surface area contributed by atoms with Crippen LogP contribution in [0.4, 0.5) is 4.79 Å². The van der Waals surface area contributed by atoms with Gasteiger partial charge in [0.2, 0.25) is 11.8 Å². The molecular weight excluding hydrogens is 526 g/mol. The molecule has 3 amide bonds. The molecule has 230 valence electrons. The van der Waals surface area contributed by atoms with Gasteiger partial charge in [0.05, 0.1) is 0 Å². The highest BCUT2D eigenvalue weighted by atomic mass is 16.6. The number of nitrogens with zero attached hydrogens (tertiary/aromatic N) is 1. The van der Waals surface area contributed by atoms with Crippen molar-refractivity contribution in [1.82, 2.24) is 15.5 Å². The summed E-state index contributed by atoms with van der Waals surface area (Å²) in [6, 6.07) is 15.9. The molecule has 3 rings (SSSR count). The average Bonchev–Trinajstić information content (AvgIpc) is 2.95. The van der Waals surface area contributed by atoms with E-state index in [-0.39, 0.29) is 24.3 Å². The smallest absolute Gasteiger partial charge is 0.408 e. The van der Waals surface area contributed by atoms with Crippen molar-refractivity contribution < 1.29 is 19.1 Å². The molecule has 0 heterocycles. The number of nitrogens with one attached hydrogen (secondary N) is 2. The minimum Gasteiger partial charge on any atom is -0.444 e. The zero-order valence-corrected chi connectivity index (χ0v) is 26.3. The Balaban J connectivity index is 2.00. The van der Waals surface area contributed by atoms with Crippen LogP contribution in [0.2, 0.25) is 0 Å². The van der Waals surface area contributed by atoms with Crippen molar-refractivity contribution in [1.29, 1.82) is 0 Å². The summed E-state index contributed by atoms with van der Waals surface area (Å²) in [6.07, 6.45) is 8.75. The normalized spacial score (nSPS) is 15.4. The standard InChI is InChI=1S/C35H51N3O4/c1-6-7-8-15-24-38(31(28-22-20-26(2)21-23-28)32(39)36-29-18-13-10-14-19-29)33(40)30(25-27-16-11-9-12-17-27)37-34(41)42-35(3,4)5/h9,11-12,16-17,20-23,29-31H,6-8,10,13-15,18-19,24-25H2,1-5H3,(H,36,39)(H,37,41). The minimum absolute atomic E-state index is 0.108. The lowest BCUT2D eigenvalue weighted by Gasteiger charge is -2.36. The Labute approximate surface area is 252 Å². The van der Waals surface area contributed by atoms with E-state index in [1.807, 2.05) is 61.5 Å². The summed E-state index contributed by atoms with van der Waals surface area (Å²) < 4.78 is 5.56. The summed E-state index contributed by atoms with van der Waals surface area (Å²) in [5.74, 6) is -0.448. The number of aryl methyl sites for hydroxylation is 1. The fourth-order valence-corrected chi connectivity index (χ4v) is 5.52. The summed E-state index contributed by atoms with van der Waals surface area (Å²) in [7, 11) is 0. The zero-order valence-electron chi connectivity index (χ0n) is 26.3. The molecule has 2 atom stereocenters. The van der Waals surface area contributed by atoms with Crippen molar-refractivity contribution in [2.45, 2.75) is 123 Å². The van der Waals surface area contributed by atoms with Crippen LogP contribution in [0.5, 0.6) is 0 Å². The molecule has 7 nitrogen and oxygen atoms in total. The first kappa shape index (κ1) is 33.2. The Hall–Kier alpha value is -3.35. The quantitative estimate of drug-likeness (QED) is 0.250. The van der Waals surface area contributed by atoms with Crippen LogP contribution < -0.4 is 10.6 Å². The molecule has 1 fully saturated rings. The van der Waals surface area contributed by atoms with Crippen LogP contribution in [0.15, 0.2) is 54.6 Å². The third-order valence-corrected chi connectivity index (χ3v) is 7.71. The predicted octanol–water partition coefficient (Wildman–Crippen LogP) is 7.03.